The number of carbonyl (C=O) groups excluding carboxylic acids is 1. The van der Waals surface area contributed by atoms with Crippen LogP contribution in [0, 0.1) is 11.6 Å². The van der Waals surface area contributed by atoms with E-state index in [-0.39, 0.29) is 22.1 Å². The van der Waals surface area contributed by atoms with Crippen LogP contribution in [0.1, 0.15) is 10.9 Å². The Labute approximate surface area is 157 Å². The predicted molar refractivity (Wildman–Crippen MR) is 98.7 cm³/mol. The maximum Gasteiger partial charge on any atom is 0.257 e. The first-order valence-electron chi connectivity index (χ1n) is 7.46. The maximum atomic E-state index is 13.4. The minimum Gasteiger partial charge on any atom is -0.319 e. The van der Waals surface area contributed by atoms with Crippen molar-refractivity contribution in [2.45, 2.75) is 11.4 Å². The Morgan fingerprint density at radius 2 is 1.88 bits per heavy atom. The van der Waals surface area contributed by atoms with Crippen LogP contribution in [0.3, 0.4) is 0 Å². The van der Waals surface area contributed by atoms with Crippen LogP contribution in [0.5, 0.6) is 0 Å². The van der Waals surface area contributed by atoms with Gasteiger partial charge >= 0.3 is 0 Å². The number of benzene rings is 2. The second-order valence-electron chi connectivity index (χ2n) is 5.71. The molecule has 0 spiro atoms. The Bertz CT molecular complexity index is 877. The van der Waals surface area contributed by atoms with Crippen molar-refractivity contribution in [2.24, 2.45) is 0 Å². The normalized spacial score (nSPS) is 22.7. The van der Waals surface area contributed by atoms with Crippen molar-refractivity contribution in [3.8, 4) is 0 Å². The minimum atomic E-state index is -0.553. The monoisotopic (exact) mass is 396 g/mol. The summed E-state index contributed by atoms with van der Waals surface area (Å²) in [4.78, 5) is 16.1. The molecule has 2 heterocycles. The van der Waals surface area contributed by atoms with Gasteiger partial charge in [0.05, 0.1) is 10.7 Å². The van der Waals surface area contributed by atoms with Crippen LogP contribution < -0.4 is 4.90 Å². The Morgan fingerprint density at radius 3 is 2.56 bits per heavy atom. The van der Waals surface area contributed by atoms with Crippen LogP contribution in [0.2, 0.25) is 5.02 Å². The molecule has 4 rings (SSSR count). The molecule has 1 amide bonds. The Balaban J connectivity index is 1.68. The number of nitrogens with zero attached hydrogens (tertiary/aromatic N) is 2. The van der Waals surface area contributed by atoms with Crippen molar-refractivity contribution in [3.63, 3.8) is 0 Å². The highest BCUT2D eigenvalue weighted by Gasteiger charge is 2.50. The largest absolute Gasteiger partial charge is 0.319 e. The summed E-state index contributed by atoms with van der Waals surface area (Å²) < 4.78 is 26.6. The molecule has 2 saturated heterocycles. The van der Waals surface area contributed by atoms with Gasteiger partial charge in [0, 0.05) is 5.75 Å². The number of thioether (sulfide) groups is 1. The first-order chi connectivity index (χ1) is 12.0. The first-order valence-corrected chi connectivity index (χ1v) is 9.29. The first kappa shape index (κ1) is 16.8. The number of rotatable bonds is 2. The van der Waals surface area contributed by atoms with E-state index in [1.807, 2.05) is 4.90 Å². The lowest BCUT2D eigenvalue weighted by atomic mass is 10.2. The van der Waals surface area contributed by atoms with Crippen molar-refractivity contribution in [1.82, 2.24) is 4.90 Å². The summed E-state index contributed by atoms with van der Waals surface area (Å²) in [6.07, 6.45) is 0. The van der Waals surface area contributed by atoms with E-state index in [0.29, 0.717) is 16.6 Å². The van der Waals surface area contributed by atoms with Crippen LogP contribution in [0.25, 0.3) is 0 Å². The Morgan fingerprint density at radius 1 is 1.16 bits per heavy atom. The summed E-state index contributed by atoms with van der Waals surface area (Å²) in [6, 6.07) is 9.86. The van der Waals surface area contributed by atoms with E-state index in [2.05, 4.69) is 0 Å². The van der Waals surface area contributed by atoms with E-state index in [9.17, 15) is 13.6 Å². The van der Waals surface area contributed by atoms with Gasteiger partial charge in [0.2, 0.25) is 0 Å². The number of thiocarbonyl (C=S) groups is 1. The third-order valence-electron chi connectivity index (χ3n) is 4.23. The molecule has 0 radical (unpaired) electrons. The van der Waals surface area contributed by atoms with Crippen LogP contribution in [-0.4, -0.2) is 27.7 Å². The summed E-state index contributed by atoms with van der Waals surface area (Å²) in [5.41, 5.74) is 1.32. The summed E-state index contributed by atoms with van der Waals surface area (Å²) in [6.45, 7) is 0. The average Bonchev–Trinajstić information content (AvgIpc) is 3.12. The molecule has 2 aromatic rings. The van der Waals surface area contributed by atoms with Crippen LogP contribution in [-0.2, 0) is 4.79 Å². The minimum absolute atomic E-state index is 0.0652. The Hall–Kier alpha value is -1.70. The lowest BCUT2D eigenvalue weighted by molar-refractivity contribution is -0.119. The molecule has 128 valence electrons. The molecular weight excluding hydrogens is 386 g/mol. The van der Waals surface area contributed by atoms with Gasteiger partial charge in [0.15, 0.2) is 5.11 Å². The number of anilines is 1. The van der Waals surface area contributed by atoms with Crippen LogP contribution in [0.15, 0.2) is 42.5 Å². The van der Waals surface area contributed by atoms with Gasteiger partial charge in [-0.1, -0.05) is 23.7 Å². The Kier molecular flexibility index (Phi) is 4.17. The van der Waals surface area contributed by atoms with E-state index < -0.39 is 11.9 Å². The number of fused-ring (bicyclic) bond motifs is 1. The van der Waals surface area contributed by atoms with E-state index in [4.69, 9.17) is 23.8 Å². The zero-order valence-electron chi connectivity index (χ0n) is 12.7. The molecular formula is C17H11ClF2N2OS2. The molecule has 0 bridgehead atoms. The van der Waals surface area contributed by atoms with Gasteiger partial charge in [-0.15, -0.1) is 11.8 Å². The lowest BCUT2D eigenvalue weighted by Gasteiger charge is -2.25. The quantitative estimate of drug-likeness (QED) is 0.703. The highest BCUT2D eigenvalue weighted by Crippen LogP contribution is 2.46. The number of carbonyl (C=O) groups is 1. The van der Waals surface area contributed by atoms with Crippen LogP contribution >= 0.6 is 35.6 Å². The molecule has 0 unspecified atom stereocenters. The topological polar surface area (TPSA) is 23.6 Å². The fraction of sp³-hybridized carbons (Fsp3) is 0.176. The van der Waals surface area contributed by atoms with Gasteiger partial charge < -0.3 is 4.90 Å². The highest BCUT2D eigenvalue weighted by molar-refractivity contribution is 7.99. The van der Waals surface area contributed by atoms with Gasteiger partial charge in [0.1, 0.15) is 23.1 Å². The lowest BCUT2D eigenvalue weighted by Crippen LogP contribution is -2.33. The van der Waals surface area contributed by atoms with Crippen molar-refractivity contribution in [2.75, 3.05) is 10.7 Å². The average molecular weight is 397 g/mol. The molecule has 2 aliphatic heterocycles. The fourth-order valence-electron chi connectivity index (χ4n) is 3.04. The van der Waals surface area contributed by atoms with Crippen molar-refractivity contribution < 1.29 is 13.6 Å². The maximum absolute atomic E-state index is 13.4. The van der Waals surface area contributed by atoms with E-state index in [0.717, 1.165) is 5.56 Å². The zero-order chi connectivity index (χ0) is 17.7. The number of hydrogen-bond donors (Lipinski definition) is 0. The summed E-state index contributed by atoms with van der Waals surface area (Å²) in [7, 11) is 0. The molecule has 0 saturated carbocycles. The van der Waals surface area contributed by atoms with Crippen molar-refractivity contribution in [3.05, 3.63) is 64.7 Å². The van der Waals surface area contributed by atoms with E-state index >= 15 is 0 Å². The van der Waals surface area contributed by atoms with Gasteiger partial charge in [-0.2, -0.15) is 0 Å². The molecule has 8 heteroatoms. The van der Waals surface area contributed by atoms with Gasteiger partial charge in [-0.25, -0.2) is 8.78 Å². The van der Waals surface area contributed by atoms with Crippen molar-refractivity contribution in [1.29, 1.82) is 0 Å². The number of halogens is 3. The van der Waals surface area contributed by atoms with Gasteiger partial charge in [-0.05, 0) is 48.1 Å². The molecule has 2 aromatic carbocycles. The third-order valence-corrected chi connectivity index (χ3v) is 6.24. The van der Waals surface area contributed by atoms with Gasteiger partial charge in [0.25, 0.3) is 5.91 Å². The molecule has 2 atom stereocenters. The van der Waals surface area contributed by atoms with Gasteiger partial charge in [-0.3, -0.25) is 9.69 Å². The summed E-state index contributed by atoms with van der Waals surface area (Å²) in [5, 5.41) is 0.115. The second-order valence-corrected chi connectivity index (χ2v) is 7.60. The second kappa shape index (κ2) is 6.23. The van der Waals surface area contributed by atoms with E-state index in [1.165, 1.54) is 35.2 Å². The third kappa shape index (κ3) is 2.70. The molecule has 0 aliphatic carbocycles. The molecule has 0 N–H and O–H groups in total. The zero-order valence-corrected chi connectivity index (χ0v) is 15.0. The SMILES string of the molecule is O=C1[C@H]2CS[C@@H](c3ccc(F)cc3)N2C(=S)N1c1ccc(F)c(Cl)c1. The number of amides is 1. The number of hydrogen-bond acceptors (Lipinski definition) is 3. The standard InChI is InChI=1S/C17H11ClF2N2OS2/c18-12-7-11(5-6-13(12)20)21-15(23)14-8-25-16(22(14)17(21)24)9-1-3-10(19)4-2-9/h1-7,14,16H,8H2/t14-,16+/m1/s1. The summed E-state index contributed by atoms with van der Waals surface area (Å²) in [5.74, 6) is -0.453. The van der Waals surface area contributed by atoms with Crippen LogP contribution in [0.4, 0.5) is 14.5 Å². The van der Waals surface area contributed by atoms with E-state index in [1.54, 1.807) is 23.9 Å². The molecule has 25 heavy (non-hydrogen) atoms. The predicted octanol–water partition coefficient (Wildman–Crippen LogP) is 4.37. The molecule has 2 aliphatic rings. The highest BCUT2D eigenvalue weighted by atomic mass is 35.5. The van der Waals surface area contributed by atoms with Crippen molar-refractivity contribution >= 4 is 52.3 Å². The molecule has 0 aromatic heterocycles. The smallest absolute Gasteiger partial charge is 0.257 e. The summed E-state index contributed by atoms with van der Waals surface area (Å²) >= 11 is 12.9. The molecule has 2 fully saturated rings. The fourth-order valence-corrected chi connectivity index (χ4v) is 5.13. The molecule has 3 nitrogen and oxygen atoms in total.